The third-order valence-corrected chi connectivity index (χ3v) is 3.38. The highest BCUT2D eigenvalue weighted by molar-refractivity contribution is 6.13. The Morgan fingerprint density at radius 1 is 1.22 bits per heavy atom. The lowest BCUT2D eigenvalue weighted by molar-refractivity contribution is -0.168. The maximum atomic E-state index is 12.2. The van der Waals surface area contributed by atoms with Crippen LogP contribution in [-0.4, -0.2) is 30.1 Å². The summed E-state index contributed by atoms with van der Waals surface area (Å²) in [5.41, 5.74) is 0.185. The minimum absolute atomic E-state index is 0.0346. The molecule has 0 spiro atoms. The standard InChI is InChI=1S/C14H16O4/c1-9(2)10-3-5-11(6-4-10)12(15)14(13(16)17)7-18-8-14/h3-6,9H,7-8H2,1-2H3,(H,16,17). The van der Waals surface area contributed by atoms with Crippen LogP contribution in [0.4, 0.5) is 0 Å². The van der Waals surface area contributed by atoms with Gasteiger partial charge in [-0.05, 0) is 11.5 Å². The van der Waals surface area contributed by atoms with Gasteiger partial charge in [-0.2, -0.15) is 0 Å². The fourth-order valence-electron chi connectivity index (χ4n) is 1.95. The molecular weight excluding hydrogens is 232 g/mol. The predicted molar refractivity (Wildman–Crippen MR) is 65.7 cm³/mol. The van der Waals surface area contributed by atoms with Gasteiger partial charge >= 0.3 is 5.97 Å². The van der Waals surface area contributed by atoms with Crippen molar-refractivity contribution in [3.63, 3.8) is 0 Å². The summed E-state index contributed by atoms with van der Waals surface area (Å²) in [6.07, 6.45) is 0. The summed E-state index contributed by atoms with van der Waals surface area (Å²) >= 11 is 0. The molecule has 4 heteroatoms. The zero-order valence-corrected chi connectivity index (χ0v) is 10.5. The van der Waals surface area contributed by atoms with E-state index in [2.05, 4.69) is 13.8 Å². The van der Waals surface area contributed by atoms with Crippen molar-refractivity contribution in [1.29, 1.82) is 0 Å². The molecule has 0 aliphatic carbocycles. The summed E-state index contributed by atoms with van der Waals surface area (Å²) in [6.45, 7) is 4.06. The molecule has 0 atom stereocenters. The van der Waals surface area contributed by atoms with Crippen LogP contribution in [0.5, 0.6) is 0 Å². The maximum absolute atomic E-state index is 12.2. The fraction of sp³-hybridized carbons (Fsp3) is 0.429. The summed E-state index contributed by atoms with van der Waals surface area (Å²) in [5, 5.41) is 9.16. The molecule has 1 aliphatic heterocycles. The Kier molecular flexibility index (Phi) is 3.22. The first-order valence-electron chi connectivity index (χ1n) is 5.93. The van der Waals surface area contributed by atoms with Crippen molar-refractivity contribution in [3.8, 4) is 0 Å². The highest BCUT2D eigenvalue weighted by atomic mass is 16.5. The maximum Gasteiger partial charge on any atom is 0.322 e. The van der Waals surface area contributed by atoms with Gasteiger partial charge in [0, 0.05) is 5.56 Å². The average Bonchev–Trinajstić information content (AvgIpc) is 2.27. The molecule has 1 aromatic carbocycles. The van der Waals surface area contributed by atoms with Gasteiger partial charge in [0.1, 0.15) is 0 Å². The Bertz CT molecular complexity index is 469. The summed E-state index contributed by atoms with van der Waals surface area (Å²) in [7, 11) is 0. The van der Waals surface area contributed by atoms with E-state index in [-0.39, 0.29) is 19.0 Å². The number of ether oxygens (including phenoxy) is 1. The molecule has 0 bridgehead atoms. The Morgan fingerprint density at radius 2 is 1.78 bits per heavy atom. The van der Waals surface area contributed by atoms with Crippen molar-refractivity contribution in [2.24, 2.45) is 5.41 Å². The van der Waals surface area contributed by atoms with Gasteiger partial charge in [-0.3, -0.25) is 9.59 Å². The van der Waals surface area contributed by atoms with Crippen molar-refractivity contribution in [3.05, 3.63) is 35.4 Å². The summed E-state index contributed by atoms with van der Waals surface area (Å²) in [6, 6.07) is 7.13. The third-order valence-electron chi connectivity index (χ3n) is 3.38. The lowest BCUT2D eigenvalue weighted by Gasteiger charge is -2.35. The summed E-state index contributed by atoms with van der Waals surface area (Å²) < 4.78 is 4.90. The van der Waals surface area contributed by atoms with E-state index in [1.54, 1.807) is 12.1 Å². The number of aliphatic carboxylic acids is 1. The number of benzene rings is 1. The molecule has 0 radical (unpaired) electrons. The summed E-state index contributed by atoms with van der Waals surface area (Å²) in [5.74, 6) is -1.09. The lowest BCUT2D eigenvalue weighted by atomic mass is 9.78. The fourth-order valence-corrected chi connectivity index (χ4v) is 1.95. The minimum atomic E-state index is -1.38. The van der Waals surface area contributed by atoms with Gasteiger partial charge in [0.15, 0.2) is 11.2 Å². The second kappa shape index (κ2) is 4.53. The van der Waals surface area contributed by atoms with Crippen LogP contribution < -0.4 is 0 Å². The van der Waals surface area contributed by atoms with Crippen LogP contribution in [0, 0.1) is 5.41 Å². The molecule has 1 aliphatic rings. The van der Waals surface area contributed by atoms with Crippen LogP contribution >= 0.6 is 0 Å². The molecule has 1 heterocycles. The predicted octanol–water partition coefficient (Wildman–Crippen LogP) is 2.09. The van der Waals surface area contributed by atoms with Crippen LogP contribution in [0.3, 0.4) is 0 Å². The van der Waals surface area contributed by atoms with Crippen molar-refractivity contribution < 1.29 is 19.4 Å². The van der Waals surface area contributed by atoms with Gasteiger partial charge in [-0.15, -0.1) is 0 Å². The van der Waals surface area contributed by atoms with Gasteiger partial charge in [-0.25, -0.2) is 0 Å². The highest BCUT2D eigenvalue weighted by Gasteiger charge is 2.53. The number of carboxylic acid groups (broad SMARTS) is 1. The molecule has 1 fully saturated rings. The lowest BCUT2D eigenvalue weighted by Crippen LogP contribution is -2.54. The van der Waals surface area contributed by atoms with E-state index in [0.717, 1.165) is 5.56 Å². The van der Waals surface area contributed by atoms with Crippen LogP contribution in [0.1, 0.15) is 35.7 Å². The zero-order valence-electron chi connectivity index (χ0n) is 10.5. The second-order valence-corrected chi connectivity index (χ2v) is 4.99. The second-order valence-electron chi connectivity index (χ2n) is 4.99. The molecule has 0 amide bonds. The Labute approximate surface area is 106 Å². The first kappa shape index (κ1) is 12.8. The summed E-state index contributed by atoms with van der Waals surface area (Å²) in [4.78, 5) is 23.4. The van der Waals surface area contributed by atoms with Gasteiger partial charge in [-0.1, -0.05) is 38.1 Å². The minimum Gasteiger partial charge on any atom is -0.480 e. The number of carboxylic acids is 1. The SMILES string of the molecule is CC(C)c1ccc(C(=O)C2(C(=O)O)COC2)cc1. The van der Waals surface area contributed by atoms with Crippen LogP contribution in [0.25, 0.3) is 0 Å². The molecule has 0 aromatic heterocycles. The van der Waals surface area contributed by atoms with Gasteiger partial charge < -0.3 is 9.84 Å². The number of rotatable bonds is 4. The van der Waals surface area contributed by atoms with Gasteiger partial charge in [0.25, 0.3) is 0 Å². The van der Waals surface area contributed by atoms with Crippen molar-refractivity contribution in [2.45, 2.75) is 19.8 Å². The molecule has 18 heavy (non-hydrogen) atoms. The number of carbonyl (C=O) groups excluding carboxylic acids is 1. The van der Waals surface area contributed by atoms with E-state index in [4.69, 9.17) is 9.84 Å². The van der Waals surface area contributed by atoms with Crippen LogP contribution in [0.15, 0.2) is 24.3 Å². The quantitative estimate of drug-likeness (QED) is 0.654. The monoisotopic (exact) mass is 248 g/mol. The molecule has 2 rings (SSSR count). The molecule has 96 valence electrons. The Hall–Kier alpha value is -1.68. The van der Waals surface area contributed by atoms with E-state index < -0.39 is 11.4 Å². The zero-order chi connectivity index (χ0) is 13.3. The van der Waals surface area contributed by atoms with E-state index in [1.807, 2.05) is 12.1 Å². The molecular formula is C14H16O4. The molecule has 0 saturated carbocycles. The number of Topliss-reactive ketones (excluding diaryl/α,β-unsaturated/α-hetero) is 1. The molecule has 1 N–H and O–H groups in total. The third kappa shape index (κ3) is 1.93. The van der Waals surface area contributed by atoms with Crippen molar-refractivity contribution in [2.75, 3.05) is 13.2 Å². The van der Waals surface area contributed by atoms with E-state index in [1.165, 1.54) is 0 Å². The number of hydrogen-bond acceptors (Lipinski definition) is 3. The van der Waals surface area contributed by atoms with E-state index in [9.17, 15) is 9.59 Å². The molecule has 1 saturated heterocycles. The molecule has 1 aromatic rings. The highest BCUT2D eigenvalue weighted by Crippen LogP contribution is 2.32. The van der Waals surface area contributed by atoms with Crippen LogP contribution in [0.2, 0.25) is 0 Å². The molecule has 4 nitrogen and oxygen atoms in total. The topological polar surface area (TPSA) is 63.6 Å². The number of hydrogen-bond donors (Lipinski definition) is 1. The smallest absolute Gasteiger partial charge is 0.322 e. The number of carbonyl (C=O) groups is 2. The van der Waals surface area contributed by atoms with Gasteiger partial charge in [0.2, 0.25) is 0 Å². The first-order chi connectivity index (χ1) is 8.47. The van der Waals surface area contributed by atoms with Gasteiger partial charge in [0.05, 0.1) is 13.2 Å². The Balaban J connectivity index is 2.26. The van der Waals surface area contributed by atoms with E-state index in [0.29, 0.717) is 11.5 Å². The van der Waals surface area contributed by atoms with E-state index >= 15 is 0 Å². The first-order valence-corrected chi connectivity index (χ1v) is 5.93. The van der Waals surface area contributed by atoms with Crippen molar-refractivity contribution in [1.82, 2.24) is 0 Å². The molecule has 0 unspecified atom stereocenters. The normalized spacial score (nSPS) is 17.3. The average molecular weight is 248 g/mol. The van der Waals surface area contributed by atoms with Crippen molar-refractivity contribution >= 4 is 11.8 Å². The largest absolute Gasteiger partial charge is 0.480 e. The Morgan fingerprint density at radius 3 is 2.11 bits per heavy atom. The van der Waals surface area contributed by atoms with Crippen LogP contribution in [-0.2, 0) is 9.53 Å². The number of ketones is 1.